The summed E-state index contributed by atoms with van der Waals surface area (Å²) in [5.74, 6) is 5.58. The minimum Gasteiger partial charge on any atom is -0.321 e. The molecule has 1 heterocycles. The first-order chi connectivity index (χ1) is 9.11. The standard InChI is InChI=1S/C15H24N4/c1-8(16)15-17-9(2)19(18-15)14-12-4-10-3-11(6-12)7-13(14)5-10/h8,10-14H,3-7,16H2,1-2H3. The monoisotopic (exact) mass is 260 g/mol. The molecule has 5 rings (SSSR count). The van der Waals surface area contributed by atoms with Crippen LogP contribution in [-0.2, 0) is 0 Å². The van der Waals surface area contributed by atoms with Crippen LogP contribution < -0.4 is 5.73 Å². The van der Waals surface area contributed by atoms with Crippen molar-refractivity contribution in [2.45, 2.75) is 58.0 Å². The number of hydrogen-bond acceptors (Lipinski definition) is 3. The molecule has 1 unspecified atom stereocenters. The lowest BCUT2D eigenvalue weighted by molar-refractivity contribution is -0.0346. The van der Waals surface area contributed by atoms with Crippen molar-refractivity contribution in [2.24, 2.45) is 29.4 Å². The summed E-state index contributed by atoms with van der Waals surface area (Å²) in [6.07, 6.45) is 7.19. The smallest absolute Gasteiger partial charge is 0.167 e. The van der Waals surface area contributed by atoms with Gasteiger partial charge in [-0.15, -0.1) is 0 Å². The molecule has 4 aliphatic rings. The molecule has 0 amide bonds. The molecule has 4 heteroatoms. The normalized spacial score (nSPS) is 41.7. The lowest BCUT2D eigenvalue weighted by Crippen LogP contribution is -2.46. The summed E-state index contributed by atoms with van der Waals surface area (Å²) in [5, 5.41) is 4.74. The fourth-order valence-corrected chi connectivity index (χ4v) is 5.19. The first-order valence-corrected chi connectivity index (χ1v) is 7.80. The van der Waals surface area contributed by atoms with E-state index < -0.39 is 0 Å². The molecule has 1 aromatic rings. The Balaban J connectivity index is 1.69. The van der Waals surface area contributed by atoms with Gasteiger partial charge in [0.2, 0.25) is 0 Å². The Morgan fingerprint density at radius 1 is 1.11 bits per heavy atom. The van der Waals surface area contributed by atoms with Gasteiger partial charge in [-0.1, -0.05) is 0 Å². The van der Waals surface area contributed by atoms with E-state index in [1.807, 2.05) is 6.92 Å². The summed E-state index contributed by atoms with van der Waals surface area (Å²) < 4.78 is 2.23. The predicted molar refractivity (Wildman–Crippen MR) is 73.4 cm³/mol. The summed E-state index contributed by atoms with van der Waals surface area (Å²) in [5.41, 5.74) is 5.93. The van der Waals surface area contributed by atoms with Gasteiger partial charge in [-0.2, -0.15) is 5.10 Å². The number of aryl methyl sites for hydroxylation is 1. The Morgan fingerprint density at radius 3 is 2.16 bits per heavy atom. The molecular weight excluding hydrogens is 236 g/mol. The third kappa shape index (κ3) is 1.76. The van der Waals surface area contributed by atoms with E-state index in [0.29, 0.717) is 6.04 Å². The van der Waals surface area contributed by atoms with E-state index in [1.165, 1.54) is 32.1 Å². The van der Waals surface area contributed by atoms with Crippen LogP contribution in [0.4, 0.5) is 0 Å². The maximum absolute atomic E-state index is 5.93. The van der Waals surface area contributed by atoms with Gasteiger partial charge in [-0.3, -0.25) is 0 Å². The van der Waals surface area contributed by atoms with Crippen LogP contribution in [0.25, 0.3) is 0 Å². The topological polar surface area (TPSA) is 56.7 Å². The van der Waals surface area contributed by atoms with Crippen molar-refractivity contribution >= 4 is 0 Å². The number of hydrogen-bond donors (Lipinski definition) is 1. The summed E-state index contributed by atoms with van der Waals surface area (Å²) in [4.78, 5) is 4.57. The lowest BCUT2D eigenvalue weighted by Gasteiger charge is -2.54. The van der Waals surface area contributed by atoms with Crippen molar-refractivity contribution in [3.8, 4) is 0 Å². The second-order valence-electron chi connectivity index (χ2n) is 7.17. The van der Waals surface area contributed by atoms with E-state index in [1.54, 1.807) is 0 Å². The van der Waals surface area contributed by atoms with Crippen molar-refractivity contribution in [1.29, 1.82) is 0 Å². The zero-order valence-electron chi connectivity index (χ0n) is 11.9. The van der Waals surface area contributed by atoms with E-state index >= 15 is 0 Å². The highest BCUT2D eigenvalue weighted by Crippen LogP contribution is 2.58. The highest BCUT2D eigenvalue weighted by molar-refractivity contribution is 5.04. The minimum atomic E-state index is -0.0585. The Morgan fingerprint density at radius 2 is 1.68 bits per heavy atom. The summed E-state index contributed by atoms with van der Waals surface area (Å²) in [6.45, 7) is 4.06. The molecular formula is C15H24N4. The van der Waals surface area contributed by atoms with Crippen molar-refractivity contribution in [3.05, 3.63) is 11.6 Å². The van der Waals surface area contributed by atoms with Gasteiger partial charge in [0.25, 0.3) is 0 Å². The summed E-state index contributed by atoms with van der Waals surface area (Å²) in [7, 11) is 0. The van der Waals surface area contributed by atoms with Gasteiger partial charge in [0.05, 0.1) is 12.1 Å². The van der Waals surface area contributed by atoms with Crippen molar-refractivity contribution in [3.63, 3.8) is 0 Å². The van der Waals surface area contributed by atoms with Crippen molar-refractivity contribution in [1.82, 2.24) is 14.8 Å². The predicted octanol–water partition coefficient (Wildman–Crippen LogP) is 2.60. The molecule has 1 atom stereocenters. The van der Waals surface area contributed by atoms with Gasteiger partial charge in [0.15, 0.2) is 5.82 Å². The molecule has 1 aromatic heterocycles. The molecule has 4 nitrogen and oxygen atoms in total. The first kappa shape index (κ1) is 11.9. The maximum atomic E-state index is 5.93. The van der Waals surface area contributed by atoms with Crippen LogP contribution in [-0.4, -0.2) is 14.8 Å². The molecule has 0 saturated heterocycles. The van der Waals surface area contributed by atoms with E-state index in [4.69, 9.17) is 10.8 Å². The number of aromatic nitrogens is 3. The Kier molecular flexibility index (Phi) is 2.53. The van der Waals surface area contributed by atoms with Crippen molar-refractivity contribution < 1.29 is 0 Å². The minimum absolute atomic E-state index is 0.0585. The number of nitrogens with two attached hydrogens (primary N) is 1. The SMILES string of the molecule is Cc1nc(C(C)N)nn1C1C2CC3CC(C2)CC1C3. The maximum Gasteiger partial charge on any atom is 0.167 e. The average Bonchev–Trinajstić information content (AvgIpc) is 2.70. The van der Waals surface area contributed by atoms with Gasteiger partial charge in [-0.05, 0) is 69.6 Å². The quantitative estimate of drug-likeness (QED) is 0.889. The molecule has 0 aromatic carbocycles. The summed E-state index contributed by atoms with van der Waals surface area (Å²) >= 11 is 0. The van der Waals surface area contributed by atoms with Gasteiger partial charge in [0, 0.05) is 0 Å². The molecule has 4 aliphatic carbocycles. The van der Waals surface area contributed by atoms with Crippen LogP contribution in [0.3, 0.4) is 0 Å². The lowest BCUT2D eigenvalue weighted by atomic mass is 9.54. The van der Waals surface area contributed by atoms with E-state index in [9.17, 15) is 0 Å². The van der Waals surface area contributed by atoms with E-state index in [-0.39, 0.29) is 6.04 Å². The van der Waals surface area contributed by atoms with E-state index in [0.717, 1.165) is 35.3 Å². The highest BCUT2D eigenvalue weighted by atomic mass is 15.4. The third-order valence-corrected chi connectivity index (χ3v) is 5.68. The molecule has 0 spiro atoms. The molecule has 4 fully saturated rings. The second-order valence-corrected chi connectivity index (χ2v) is 7.17. The molecule has 0 radical (unpaired) electrons. The fraction of sp³-hybridized carbons (Fsp3) is 0.867. The Bertz CT molecular complexity index is 462. The second kappa shape index (κ2) is 4.05. The van der Waals surface area contributed by atoms with Gasteiger partial charge < -0.3 is 5.73 Å². The zero-order valence-corrected chi connectivity index (χ0v) is 11.9. The average molecular weight is 260 g/mol. The summed E-state index contributed by atoms with van der Waals surface area (Å²) in [6, 6.07) is 0.546. The van der Waals surface area contributed by atoms with Gasteiger partial charge >= 0.3 is 0 Å². The van der Waals surface area contributed by atoms with Crippen LogP contribution in [0.15, 0.2) is 0 Å². The van der Waals surface area contributed by atoms with Gasteiger partial charge in [-0.25, -0.2) is 9.67 Å². The zero-order chi connectivity index (χ0) is 13.1. The molecule has 104 valence electrons. The van der Waals surface area contributed by atoms with Crippen molar-refractivity contribution in [2.75, 3.05) is 0 Å². The van der Waals surface area contributed by atoms with Crippen LogP contribution in [0.2, 0.25) is 0 Å². The fourth-order valence-electron chi connectivity index (χ4n) is 5.19. The molecule has 0 aliphatic heterocycles. The molecule has 2 N–H and O–H groups in total. The van der Waals surface area contributed by atoms with Crippen LogP contribution >= 0.6 is 0 Å². The van der Waals surface area contributed by atoms with Crippen LogP contribution in [0.5, 0.6) is 0 Å². The Labute approximate surface area is 114 Å². The van der Waals surface area contributed by atoms with Crippen LogP contribution in [0.1, 0.15) is 62.8 Å². The largest absolute Gasteiger partial charge is 0.321 e. The van der Waals surface area contributed by atoms with Gasteiger partial charge in [0.1, 0.15) is 5.82 Å². The Hall–Kier alpha value is -0.900. The first-order valence-electron chi connectivity index (χ1n) is 7.80. The number of nitrogens with zero attached hydrogens (tertiary/aromatic N) is 3. The number of rotatable bonds is 2. The van der Waals surface area contributed by atoms with E-state index in [2.05, 4.69) is 16.6 Å². The molecule has 4 saturated carbocycles. The molecule has 19 heavy (non-hydrogen) atoms. The molecule has 4 bridgehead atoms. The van der Waals surface area contributed by atoms with Crippen LogP contribution in [0, 0.1) is 30.6 Å². The third-order valence-electron chi connectivity index (χ3n) is 5.68. The highest BCUT2D eigenvalue weighted by Gasteiger charge is 2.49.